The maximum Gasteiger partial charge on any atom is 0.269 e. The Morgan fingerprint density at radius 3 is 2.44 bits per heavy atom. The number of halogens is 1. The molecule has 2 aliphatic heterocycles. The lowest BCUT2D eigenvalue weighted by atomic mass is 10.0. The van der Waals surface area contributed by atoms with E-state index in [0.29, 0.717) is 30.2 Å². The molecule has 0 saturated carbocycles. The molecule has 0 bridgehead atoms. The number of thioether (sulfide) groups is 1. The molecule has 3 aromatic rings. The van der Waals surface area contributed by atoms with Gasteiger partial charge in [-0.05, 0) is 48.0 Å². The third kappa shape index (κ3) is 3.15. The van der Waals surface area contributed by atoms with Crippen molar-refractivity contribution in [2.24, 2.45) is 0 Å². The van der Waals surface area contributed by atoms with E-state index >= 15 is 0 Å². The van der Waals surface area contributed by atoms with Gasteiger partial charge in [-0.3, -0.25) is 14.5 Å². The molecule has 2 amide bonds. The lowest BCUT2D eigenvalue weighted by molar-refractivity contribution is -0.125. The quantitative estimate of drug-likeness (QED) is 0.580. The third-order valence-corrected chi connectivity index (χ3v) is 7.27. The molecule has 5 rings (SSSR count). The number of methoxy groups -OCH3 is 1. The Hall–Kier alpha value is -3.32. The number of benzene rings is 3. The van der Waals surface area contributed by atoms with E-state index in [2.05, 4.69) is 0 Å². The summed E-state index contributed by atoms with van der Waals surface area (Å²) in [5.41, 5.74) is 3.02. The zero-order valence-corrected chi connectivity index (χ0v) is 18.3. The number of nitrogens with zero attached hydrogens (tertiary/aromatic N) is 2. The summed E-state index contributed by atoms with van der Waals surface area (Å²) in [4.78, 5) is 29.5. The van der Waals surface area contributed by atoms with Gasteiger partial charge in [-0.2, -0.15) is 0 Å². The maximum absolute atomic E-state index is 14.1. The number of carbonyl (C=O) groups is 2. The first-order chi connectivity index (χ1) is 15.5. The third-order valence-electron chi connectivity index (χ3n) is 5.87. The van der Waals surface area contributed by atoms with Gasteiger partial charge in [0.05, 0.1) is 19.3 Å². The monoisotopic (exact) mass is 448 g/mol. The normalized spacial score (nSPS) is 20.1. The molecule has 32 heavy (non-hydrogen) atoms. The molecular weight excluding hydrogens is 427 g/mol. The first-order valence-electron chi connectivity index (χ1n) is 10.3. The molecule has 0 aromatic heterocycles. The molecule has 1 fully saturated rings. The van der Waals surface area contributed by atoms with E-state index in [0.717, 1.165) is 16.8 Å². The molecule has 1 atom stereocenters. The Morgan fingerprint density at radius 1 is 1.00 bits per heavy atom. The van der Waals surface area contributed by atoms with Gasteiger partial charge >= 0.3 is 0 Å². The first-order valence-corrected chi connectivity index (χ1v) is 11.3. The van der Waals surface area contributed by atoms with Crippen LogP contribution in [0.2, 0.25) is 0 Å². The second kappa shape index (κ2) is 7.98. The van der Waals surface area contributed by atoms with Crippen LogP contribution in [-0.2, 0) is 21.0 Å². The summed E-state index contributed by atoms with van der Waals surface area (Å²) < 4.78 is 18.7. The molecule has 162 valence electrons. The molecule has 2 heterocycles. The zero-order valence-electron chi connectivity index (χ0n) is 17.5. The molecule has 0 aliphatic carbocycles. The highest BCUT2D eigenvalue weighted by Gasteiger charge is 2.58. The number of amides is 2. The summed E-state index contributed by atoms with van der Waals surface area (Å²) in [5, 5.41) is 0. The van der Waals surface area contributed by atoms with Gasteiger partial charge in [0.1, 0.15) is 11.6 Å². The molecule has 1 saturated heterocycles. The average Bonchev–Trinajstić information content (AvgIpc) is 3.04. The van der Waals surface area contributed by atoms with Crippen molar-refractivity contribution in [1.29, 1.82) is 0 Å². The second-order valence-corrected chi connectivity index (χ2v) is 8.99. The first kappa shape index (κ1) is 20.6. The molecular formula is C25H21FN2O3S. The molecule has 5 nitrogen and oxygen atoms in total. The van der Waals surface area contributed by atoms with Crippen molar-refractivity contribution in [2.75, 3.05) is 22.7 Å². The van der Waals surface area contributed by atoms with E-state index in [4.69, 9.17) is 4.74 Å². The molecule has 1 spiro atoms. The summed E-state index contributed by atoms with van der Waals surface area (Å²) in [5.74, 6) is 0.640. The van der Waals surface area contributed by atoms with Crippen molar-refractivity contribution in [3.8, 4) is 5.75 Å². The van der Waals surface area contributed by atoms with Gasteiger partial charge in [-0.25, -0.2) is 4.39 Å². The number of hydrogen-bond acceptors (Lipinski definition) is 4. The van der Waals surface area contributed by atoms with E-state index in [-0.39, 0.29) is 17.6 Å². The summed E-state index contributed by atoms with van der Waals surface area (Å²) in [6.07, 6.45) is 0.353. The zero-order chi connectivity index (χ0) is 22.3. The SMILES string of the molecule is COc1ccc(N2C(=O)CCS[C@@]23C(=O)N(Cc2ccc(F)cc2)c2ccccc23)cc1. The smallest absolute Gasteiger partial charge is 0.269 e. The number of ether oxygens (including phenoxy) is 1. The van der Waals surface area contributed by atoms with Gasteiger partial charge in [0, 0.05) is 23.4 Å². The summed E-state index contributed by atoms with van der Waals surface area (Å²) >= 11 is 1.48. The van der Waals surface area contributed by atoms with Crippen LogP contribution in [0.25, 0.3) is 0 Å². The Balaban J connectivity index is 1.63. The highest BCUT2D eigenvalue weighted by molar-refractivity contribution is 8.01. The minimum Gasteiger partial charge on any atom is -0.497 e. The second-order valence-electron chi connectivity index (χ2n) is 7.70. The highest BCUT2D eigenvalue weighted by Crippen LogP contribution is 2.55. The molecule has 0 radical (unpaired) electrons. The number of anilines is 2. The van der Waals surface area contributed by atoms with Crippen molar-refractivity contribution in [2.45, 2.75) is 17.8 Å². The fraction of sp³-hybridized carbons (Fsp3) is 0.200. The molecule has 3 aromatic carbocycles. The molecule has 0 unspecified atom stereocenters. The lowest BCUT2D eigenvalue weighted by Gasteiger charge is -2.42. The fourth-order valence-electron chi connectivity index (χ4n) is 4.38. The van der Waals surface area contributed by atoms with Gasteiger partial charge in [-0.1, -0.05) is 30.3 Å². The van der Waals surface area contributed by atoms with Gasteiger partial charge in [0.2, 0.25) is 10.8 Å². The van der Waals surface area contributed by atoms with E-state index in [9.17, 15) is 14.0 Å². The summed E-state index contributed by atoms with van der Waals surface area (Å²) in [6.45, 7) is 0.295. The lowest BCUT2D eigenvalue weighted by Crippen LogP contribution is -2.56. The van der Waals surface area contributed by atoms with Crippen molar-refractivity contribution in [3.63, 3.8) is 0 Å². The Morgan fingerprint density at radius 2 is 1.72 bits per heavy atom. The van der Waals surface area contributed by atoms with Crippen molar-refractivity contribution >= 4 is 35.0 Å². The Bertz CT molecular complexity index is 1180. The number of hydrogen-bond donors (Lipinski definition) is 0. The van der Waals surface area contributed by atoms with E-state index in [1.165, 1.54) is 23.9 Å². The van der Waals surface area contributed by atoms with Crippen LogP contribution in [0.1, 0.15) is 17.5 Å². The van der Waals surface area contributed by atoms with E-state index in [1.54, 1.807) is 41.2 Å². The van der Waals surface area contributed by atoms with E-state index in [1.807, 2.05) is 36.4 Å². The Labute approximate surface area is 189 Å². The van der Waals surface area contributed by atoms with Gasteiger partial charge < -0.3 is 9.64 Å². The number of carbonyl (C=O) groups excluding carboxylic acids is 2. The van der Waals surface area contributed by atoms with Gasteiger partial charge in [0.25, 0.3) is 5.91 Å². The molecule has 0 N–H and O–H groups in total. The standard InChI is InChI=1S/C25H21FN2O3S/c1-31-20-12-10-19(11-13-20)28-23(29)14-15-32-25(28)21-4-2-3-5-22(21)27(24(25)30)16-17-6-8-18(26)9-7-17/h2-13H,14-16H2,1H3/t25-/m0/s1. The van der Waals surface area contributed by atoms with Crippen molar-refractivity contribution in [3.05, 3.63) is 89.7 Å². The summed E-state index contributed by atoms with van der Waals surface area (Å²) in [6, 6.07) is 20.9. The van der Waals surface area contributed by atoms with Crippen molar-refractivity contribution in [1.82, 2.24) is 0 Å². The number of rotatable bonds is 4. The van der Waals surface area contributed by atoms with Crippen LogP contribution in [0.15, 0.2) is 72.8 Å². The number of fused-ring (bicyclic) bond motifs is 2. The van der Waals surface area contributed by atoms with Crippen LogP contribution >= 0.6 is 11.8 Å². The van der Waals surface area contributed by atoms with Crippen LogP contribution in [0.4, 0.5) is 15.8 Å². The van der Waals surface area contributed by atoms with Crippen LogP contribution in [0, 0.1) is 5.82 Å². The van der Waals surface area contributed by atoms with Gasteiger partial charge in [-0.15, -0.1) is 11.8 Å². The van der Waals surface area contributed by atoms with Gasteiger partial charge in [0.15, 0.2) is 0 Å². The predicted molar refractivity (Wildman–Crippen MR) is 123 cm³/mol. The Kier molecular flexibility index (Phi) is 5.13. The minimum absolute atomic E-state index is 0.0966. The minimum atomic E-state index is -1.18. The highest BCUT2D eigenvalue weighted by atomic mass is 32.2. The maximum atomic E-state index is 14.1. The molecule has 7 heteroatoms. The molecule has 2 aliphatic rings. The average molecular weight is 449 g/mol. The van der Waals surface area contributed by atoms with Crippen LogP contribution in [0.3, 0.4) is 0 Å². The largest absolute Gasteiger partial charge is 0.497 e. The van der Waals surface area contributed by atoms with E-state index < -0.39 is 4.87 Å². The topological polar surface area (TPSA) is 49.9 Å². The summed E-state index contributed by atoms with van der Waals surface area (Å²) in [7, 11) is 1.59. The number of para-hydroxylation sites is 1. The van der Waals surface area contributed by atoms with Crippen LogP contribution in [-0.4, -0.2) is 24.7 Å². The van der Waals surface area contributed by atoms with Crippen molar-refractivity contribution < 1.29 is 18.7 Å². The predicted octanol–water partition coefficient (Wildman–Crippen LogP) is 4.70. The van der Waals surface area contributed by atoms with Crippen LogP contribution in [0.5, 0.6) is 5.75 Å². The van der Waals surface area contributed by atoms with Crippen LogP contribution < -0.4 is 14.5 Å². The fourth-order valence-corrected chi connectivity index (χ4v) is 5.85.